The Hall–Kier alpha value is -4.41. The summed E-state index contributed by atoms with van der Waals surface area (Å²) >= 11 is 6.13. The van der Waals surface area contributed by atoms with E-state index in [1.807, 2.05) is 31.2 Å². The number of nitriles is 1. The summed E-state index contributed by atoms with van der Waals surface area (Å²) in [7, 11) is 0. The first-order valence-electron chi connectivity index (χ1n) is 10.1. The van der Waals surface area contributed by atoms with Crippen molar-refractivity contribution >= 4 is 39.9 Å². The average Bonchev–Trinajstić information content (AvgIpc) is 3.25. The number of benzene rings is 2. The Bertz CT molecular complexity index is 1630. The summed E-state index contributed by atoms with van der Waals surface area (Å²) in [6.45, 7) is 1.86. The van der Waals surface area contributed by atoms with E-state index in [1.54, 1.807) is 42.6 Å². The van der Waals surface area contributed by atoms with E-state index >= 15 is 0 Å². The topological polar surface area (TPSA) is 96.1 Å². The zero-order valence-corrected chi connectivity index (χ0v) is 18.2. The summed E-state index contributed by atoms with van der Waals surface area (Å²) in [5.74, 6) is 0.905. The number of pyridine rings is 1. The number of ether oxygens (including phenoxy) is 1. The van der Waals surface area contributed by atoms with Gasteiger partial charge in [-0.1, -0.05) is 29.8 Å². The Kier molecular flexibility index (Phi) is 5.13. The summed E-state index contributed by atoms with van der Waals surface area (Å²) in [6.07, 6.45) is 3.07. The molecular weight excluding hydrogens is 438 g/mol. The molecule has 0 aliphatic carbocycles. The number of aryl methyl sites for hydroxylation is 1. The van der Waals surface area contributed by atoms with Crippen LogP contribution < -0.4 is 10.3 Å². The van der Waals surface area contributed by atoms with Crippen molar-refractivity contribution in [2.45, 2.75) is 6.92 Å². The molecule has 0 amide bonds. The molecule has 0 aliphatic heterocycles. The normalized spacial score (nSPS) is 11.6. The lowest BCUT2D eigenvalue weighted by Crippen LogP contribution is -2.18. The summed E-state index contributed by atoms with van der Waals surface area (Å²) in [6, 6.07) is 20.0. The fourth-order valence-electron chi connectivity index (χ4n) is 3.45. The second-order valence-corrected chi connectivity index (χ2v) is 7.76. The van der Waals surface area contributed by atoms with Crippen molar-refractivity contribution in [1.29, 1.82) is 5.26 Å². The van der Waals surface area contributed by atoms with E-state index in [1.165, 1.54) is 10.5 Å². The zero-order valence-electron chi connectivity index (χ0n) is 17.4. The molecule has 0 atom stereocenters. The van der Waals surface area contributed by atoms with Crippen molar-refractivity contribution in [2.24, 2.45) is 0 Å². The van der Waals surface area contributed by atoms with Gasteiger partial charge in [0.1, 0.15) is 28.9 Å². The van der Waals surface area contributed by atoms with Gasteiger partial charge in [0.25, 0.3) is 5.56 Å². The molecule has 5 rings (SSSR count). The highest BCUT2D eigenvalue weighted by molar-refractivity contribution is 6.31. The maximum Gasteiger partial charge on any atom is 0.269 e. The van der Waals surface area contributed by atoms with Crippen LogP contribution in [0.2, 0.25) is 5.02 Å². The largest absolute Gasteiger partial charge is 0.438 e. The van der Waals surface area contributed by atoms with Gasteiger partial charge in [0, 0.05) is 11.2 Å². The zero-order chi connectivity index (χ0) is 22.9. The van der Waals surface area contributed by atoms with Crippen LogP contribution in [0, 0.1) is 18.3 Å². The Balaban J connectivity index is 1.70. The smallest absolute Gasteiger partial charge is 0.269 e. The van der Waals surface area contributed by atoms with E-state index in [0.717, 1.165) is 16.6 Å². The molecule has 5 aromatic rings. The van der Waals surface area contributed by atoms with Gasteiger partial charge in [0.15, 0.2) is 0 Å². The molecule has 0 saturated heterocycles. The summed E-state index contributed by atoms with van der Waals surface area (Å²) in [4.78, 5) is 25.5. The number of aromatic amines is 1. The predicted molar refractivity (Wildman–Crippen MR) is 127 cm³/mol. The maximum atomic E-state index is 13.4. The minimum Gasteiger partial charge on any atom is -0.438 e. The number of nitrogens with one attached hydrogen (secondary N) is 1. The van der Waals surface area contributed by atoms with Crippen LogP contribution in [-0.4, -0.2) is 19.4 Å². The van der Waals surface area contributed by atoms with Gasteiger partial charge in [-0.05, 0) is 61.0 Å². The van der Waals surface area contributed by atoms with Gasteiger partial charge in [-0.3, -0.25) is 9.20 Å². The molecule has 0 radical (unpaired) electrons. The molecular formula is C25H16ClN5O2. The molecule has 1 N–H and O–H groups in total. The number of nitrogens with zero attached hydrogens (tertiary/aromatic N) is 4. The first-order valence-corrected chi connectivity index (χ1v) is 10.4. The second-order valence-electron chi connectivity index (χ2n) is 7.35. The number of hydrogen-bond donors (Lipinski definition) is 1. The van der Waals surface area contributed by atoms with Crippen LogP contribution in [0.1, 0.15) is 17.0 Å². The number of H-pyrrole nitrogens is 1. The monoisotopic (exact) mass is 453 g/mol. The number of aromatic nitrogens is 4. The molecule has 160 valence electrons. The van der Waals surface area contributed by atoms with E-state index in [4.69, 9.17) is 16.3 Å². The van der Waals surface area contributed by atoms with Crippen LogP contribution in [0.4, 0.5) is 0 Å². The Morgan fingerprint density at radius 2 is 1.97 bits per heavy atom. The number of para-hydroxylation sites is 2. The number of halogens is 1. The molecule has 3 heterocycles. The molecule has 33 heavy (non-hydrogen) atoms. The van der Waals surface area contributed by atoms with Gasteiger partial charge in [0.2, 0.25) is 5.88 Å². The molecule has 0 fully saturated rings. The quantitative estimate of drug-likeness (QED) is 0.368. The van der Waals surface area contributed by atoms with Crippen molar-refractivity contribution in [1.82, 2.24) is 19.4 Å². The molecule has 2 aromatic carbocycles. The lowest BCUT2D eigenvalue weighted by molar-refractivity contribution is 0.460. The van der Waals surface area contributed by atoms with Gasteiger partial charge >= 0.3 is 0 Å². The standard InChI is InChI=1S/C25H16ClN5O2/c1-15-12-17(9-10-19(15)26)33-24-18(25(32)31-11-5-4-8-22(31)30-24)13-16(14-27)23-28-20-6-2-3-7-21(20)29-23/h2-13H,1H3,(H,28,29)/b16-13+. The van der Waals surface area contributed by atoms with E-state index < -0.39 is 0 Å². The molecule has 0 unspecified atom stereocenters. The number of allylic oxidation sites excluding steroid dienone is 1. The van der Waals surface area contributed by atoms with Crippen molar-refractivity contribution in [2.75, 3.05) is 0 Å². The lowest BCUT2D eigenvalue weighted by atomic mass is 10.1. The van der Waals surface area contributed by atoms with Gasteiger partial charge in [-0.25, -0.2) is 4.98 Å². The third-order valence-corrected chi connectivity index (χ3v) is 5.56. The molecule has 3 aromatic heterocycles. The SMILES string of the molecule is Cc1cc(Oc2nc3ccccn3c(=O)c2/C=C(\C#N)c2nc3ccccc3[nH]2)ccc1Cl. The van der Waals surface area contributed by atoms with E-state index in [-0.39, 0.29) is 22.6 Å². The van der Waals surface area contributed by atoms with Gasteiger partial charge in [-0.15, -0.1) is 0 Å². The average molecular weight is 454 g/mol. The summed E-state index contributed by atoms with van der Waals surface area (Å²) in [5, 5.41) is 10.5. The third-order valence-electron chi connectivity index (χ3n) is 5.13. The number of imidazole rings is 1. The molecule has 8 heteroatoms. The molecule has 0 saturated carbocycles. The molecule has 7 nitrogen and oxygen atoms in total. The predicted octanol–water partition coefficient (Wildman–Crippen LogP) is 5.39. The van der Waals surface area contributed by atoms with Crippen LogP contribution in [0.5, 0.6) is 11.6 Å². The van der Waals surface area contributed by atoms with Crippen LogP contribution >= 0.6 is 11.6 Å². The van der Waals surface area contributed by atoms with Gasteiger partial charge < -0.3 is 9.72 Å². The van der Waals surface area contributed by atoms with E-state index in [0.29, 0.717) is 22.2 Å². The van der Waals surface area contributed by atoms with Crippen LogP contribution in [0.3, 0.4) is 0 Å². The van der Waals surface area contributed by atoms with Gasteiger partial charge in [0.05, 0.1) is 16.6 Å². The number of rotatable bonds is 4. The highest BCUT2D eigenvalue weighted by Gasteiger charge is 2.17. The second kappa shape index (κ2) is 8.26. The first-order chi connectivity index (χ1) is 16.0. The summed E-state index contributed by atoms with van der Waals surface area (Å²) < 4.78 is 7.41. The molecule has 0 spiro atoms. The number of hydrogen-bond acceptors (Lipinski definition) is 5. The van der Waals surface area contributed by atoms with E-state index in [9.17, 15) is 10.1 Å². The molecule has 0 bridgehead atoms. The minimum atomic E-state index is -0.370. The van der Waals surface area contributed by atoms with Crippen LogP contribution in [0.25, 0.3) is 28.3 Å². The lowest BCUT2D eigenvalue weighted by Gasteiger charge is -2.11. The Morgan fingerprint density at radius 3 is 2.76 bits per heavy atom. The Labute approximate surface area is 193 Å². The van der Waals surface area contributed by atoms with Crippen LogP contribution in [-0.2, 0) is 0 Å². The fraction of sp³-hybridized carbons (Fsp3) is 0.0400. The van der Waals surface area contributed by atoms with Crippen molar-refractivity contribution in [3.8, 4) is 17.7 Å². The Morgan fingerprint density at radius 1 is 1.15 bits per heavy atom. The van der Waals surface area contributed by atoms with Crippen molar-refractivity contribution < 1.29 is 4.74 Å². The third kappa shape index (κ3) is 3.84. The van der Waals surface area contributed by atoms with Crippen molar-refractivity contribution in [3.63, 3.8) is 0 Å². The highest BCUT2D eigenvalue weighted by Crippen LogP contribution is 2.28. The van der Waals surface area contributed by atoms with Gasteiger partial charge in [-0.2, -0.15) is 10.2 Å². The van der Waals surface area contributed by atoms with E-state index in [2.05, 4.69) is 21.0 Å². The molecule has 0 aliphatic rings. The highest BCUT2D eigenvalue weighted by atomic mass is 35.5. The minimum absolute atomic E-state index is 0.0804. The summed E-state index contributed by atoms with van der Waals surface area (Å²) in [5.41, 5.74) is 2.68. The van der Waals surface area contributed by atoms with Crippen LogP contribution in [0.15, 0.2) is 71.7 Å². The maximum absolute atomic E-state index is 13.4. The number of fused-ring (bicyclic) bond motifs is 2. The fourth-order valence-corrected chi connectivity index (χ4v) is 3.57. The van der Waals surface area contributed by atoms with Crippen molar-refractivity contribution in [3.05, 3.63) is 99.2 Å². The first kappa shape index (κ1) is 20.5.